The summed E-state index contributed by atoms with van der Waals surface area (Å²) in [4.78, 5) is 12.4. The van der Waals surface area contributed by atoms with Gasteiger partial charge in [0.2, 0.25) is 0 Å². The second kappa shape index (κ2) is 10.9. The number of carbonyl (C=O) groups excluding carboxylic acids is 1. The van der Waals surface area contributed by atoms with E-state index in [1.54, 1.807) is 30.3 Å². The Morgan fingerprint density at radius 1 is 0.812 bits per heavy atom. The third-order valence-electron chi connectivity index (χ3n) is 5.46. The molecule has 0 spiro atoms. The van der Waals surface area contributed by atoms with Gasteiger partial charge in [0, 0.05) is 0 Å². The maximum atomic E-state index is 12.4. The molecule has 10 atom stereocenters. The third-order valence-corrected chi connectivity index (χ3v) is 5.46. The van der Waals surface area contributed by atoms with Crippen LogP contribution in [0.1, 0.15) is 5.56 Å². The van der Waals surface area contributed by atoms with Crippen LogP contribution in [0.3, 0.4) is 0 Å². The molecule has 12 heteroatoms. The molecule has 0 aliphatic carbocycles. The van der Waals surface area contributed by atoms with Crippen LogP contribution in [-0.2, 0) is 30.3 Å². The van der Waals surface area contributed by atoms with Gasteiger partial charge in [0.25, 0.3) is 0 Å². The normalized spacial score (nSPS) is 40.1. The zero-order valence-corrected chi connectivity index (χ0v) is 17.0. The van der Waals surface area contributed by atoms with E-state index >= 15 is 0 Å². The predicted octanol–water partition coefficient (Wildman–Crippen LogP) is -3.60. The lowest BCUT2D eigenvalue weighted by Crippen LogP contribution is -2.65. The number of rotatable bonds is 7. The third kappa shape index (κ3) is 5.26. The van der Waals surface area contributed by atoms with Crippen molar-refractivity contribution in [3.05, 3.63) is 35.9 Å². The number of esters is 1. The molecule has 32 heavy (non-hydrogen) atoms. The summed E-state index contributed by atoms with van der Waals surface area (Å²) in [5.41, 5.74) is 0.689. The molecular formula is C20H28O12. The Labute approximate surface area is 183 Å². The standard InChI is InChI=1S/C20H28O12/c21-6-10-12(23)13(24)16(27)20(31-10)32-17-11(7-22)30-18(15(26)14(17)25)19(28)29-8-9-4-2-1-3-5-9/h1-5,10-18,20-27H,6-8H2/t10?,11?,12-,13?,14?,15?,16?,17+,18?,20-/m0/s1. The summed E-state index contributed by atoms with van der Waals surface area (Å²) in [7, 11) is 0. The molecule has 2 aliphatic heterocycles. The van der Waals surface area contributed by atoms with Crippen LogP contribution in [0.4, 0.5) is 0 Å². The molecule has 2 saturated heterocycles. The van der Waals surface area contributed by atoms with Crippen LogP contribution in [-0.4, -0.2) is 116 Å². The predicted molar refractivity (Wildman–Crippen MR) is 103 cm³/mol. The van der Waals surface area contributed by atoms with E-state index in [1.165, 1.54) is 0 Å². The molecule has 0 bridgehead atoms. The lowest BCUT2D eigenvalue weighted by Gasteiger charge is -2.45. The van der Waals surface area contributed by atoms with Crippen molar-refractivity contribution < 1.29 is 59.5 Å². The minimum atomic E-state index is -1.81. The first-order valence-electron chi connectivity index (χ1n) is 10.1. The molecule has 0 aromatic heterocycles. The van der Waals surface area contributed by atoms with Crippen LogP contribution in [0, 0.1) is 0 Å². The summed E-state index contributed by atoms with van der Waals surface area (Å²) >= 11 is 0. The Hall–Kier alpha value is -1.71. The van der Waals surface area contributed by atoms with Gasteiger partial charge in [-0.3, -0.25) is 0 Å². The molecule has 180 valence electrons. The topological polar surface area (TPSA) is 196 Å². The average Bonchev–Trinajstić information content (AvgIpc) is 2.81. The fraction of sp³-hybridized carbons (Fsp3) is 0.650. The number of benzene rings is 1. The highest BCUT2D eigenvalue weighted by Gasteiger charge is 2.52. The molecule has 0 amide bonds. The number of hydrogen-bond acceptors (Lipinski definition) is 12. The maximum absolute atomic E-state index is 12.4. The van der Waals surface area contributed by atoms with Crippen molar-refractivity contribution in [2.75, 3.05) is 13.2 Å². The molecule has 1 aromatic rings. The van der Waals surface area contributed by atoms with E-state index in [9.17, 15) is 40.5 Å². The van der Waals surface area contributed by atoms with E-state index in [2.05, 4.69) is 0 Å². The van der Waals surface area contributed by atoms with Crippen molar-refractivity contribution in [1.29, 1.82) is 0 Å². The average molecular weight is 460 g/mol. The Kier molecular flexibility index (Phi) is 8.52. The fourth-order valence-electron chi connectivity index (χ4n) is 3.60. The second-order valence-electron chi connectivity index (χ2n) is 7.65. The molecule has 7 N–H and O–H groups in total. The molecule has 2 fully saturated rings. The van der Waals surface area contributed by atoms with Crippen LogP contribution in [0.2, 0.25) is 0 Å². The van der Waals surface area contributed by atoms with E-state index in [0.29, 0.717) is 5.56 Å². The number of carbonyl (C=O) groups is 1. The second-order valence-corrected chi connectivity index (χ2v) is 7.65. The quantitative estimate of drug-likeness (QED) is 0.198. The van der Waals surface area contributed by atoms with Crippen LogP contribution >= 0.6 is 0 Å². The van der Waals surface area contributed by atoms with Crippen molar-refractivity contribution in [2.45, 2.75) is 67.8 Å². The minimum Gasteiger partial charge on any atom is -0.459 e. The Balaban J connectivity index is 1.66. The summed E-state index contributed by atoms with van der Waals surface area (Å²) in [6.07, 6.45) is -16.1. The molecule has 2 heterocycles. The molecule has 2 aliphatic rings. The Morgan fingerprint density at radius 3 is 2.09 bits per heavy atom. The largest absolute Gasteiger partial charge is 0.459 e. The van der Waals surface area contributed by atoms with Gasteiger partial charge in [-0.15, -0.1) is 0 Å². The van der Waals surface area contributed by atoms with Crippen molar-refractivity contribution in [3.8, 4) is 0 Å². The van der Waals surface area contributed by atoms with E-state index < -0.39 is 80.4 Å². The monoisotopic (exact) mass is 460 g/mol. The summed E-state index contributed by atoms with van der Waals surface area (Å²) in [5, 5.41) is 69.7. The smallest absolute Gasteiger partial charge is 0.338 e. The molecule has 1 aromatic carbocycles. The van der Waals surface area contributed by atoms with Crippen molar-refractivity contribution in [3.63, 3.8) is 0 Å². The minimum absolute atomic E-state index is 0.100. The summed E-state index contributed by atoms with van der Waals surface area (Å²) in [6, 6.07) is 8.74. The van der Waals surface area contributed by atoms with Crippen molar-refractivity contribution >= 4 is 5.97 Å². The van der Waals surface area contributed by atoms with Gasteiger partial charge in [-0.05, 0) is 5.56 Å². The first-order chi connectivity index (χ1) is 15.3. The van der Waals surface area contributed by atoms with Gasteiger partial charge in [0.1, 0.15) is 55.4 Å². The fourth-order valence-corrected chi connectivity index (χ4v) is 3.60. The molecule has 12 nitrogen and oxygen atoms in total. The summed E-state index contributed by atoms with van der Waals surface area (Å²) in [5.74, 6) is -0.967. The summed E-state index contributed by atoms with van der Waals surface area (Å²) < 4.78 is 21.2. The van der Waals surface area contributed by atoms with E-state index in [4.69, 9.17) is 18.9 Å². The van der Waals surface area contributed by atoms with Crippen LogP contribution in [0.25, 0.3) is 0 Å². The first kappa shape index (κ1) is 24.9. The molecule has 0 radical (unpaired) electrons. The van der Waals surface area contributed by atoms with E-state index in [0.717, 1.165) is 0 Å². The van der Waals surface area contributed by atoms with Gasteiger partial charge in [0.05, 0.1) is 13.2 Å². The SMILES string of the molecule is O=C(OCc1ccccc1)C1OC(CO)[C@@H](O[C@@H]2OC(CO)[C@H](O)C(O)C2O)C(O)C1O. The van der Waals surface area contributed by atoms with E-state index in [-0.39, 0.29) is 6.61 Å². The number of aliphatic hydroxyl groups excluding tert-OH is 7. The van der Waals surface area contributed by atoms with E-state index in [1.807, 2.05) is 0 Å². The lowest BCUT2D eigenvalue weighted by molar-refractivity contribution is -0.341. The first-order valence-corrected chi connectivity index (χ1v) is 10.1. The molecule has 7 unspecified atom stereocenters. The molecular weight excluding hydrogens is 432 g/mol. The molecule has 3 rings (SSSR count). The number of hydrogen-bond donors (Lipinski definition) is 7. The van der Waals surface area contributed by atoms with Gasteiger partial charge in [-0.1, -0.05) is 30.3 Å². The zero-order chi connectivity index (χ0) is 23.4. The van der Waals surface area contributed by atoms with Crippen molar-refractivity contribution in [1.82, 2.24) is 0 Å². The van der Waals surface area contributed by atoms with Crippen LogP contribution < -0.4 is 0 Å². The van der Waals surface area contributed by atoms with Gasteiger partial charge >= 0.3 is 5.97 Å². The highest BCUT2D eigenvalue weighted by Crippen LogP contribution is 2.29. The highest BCUT2D eigenvalue weighted by molar-refractivity contribution is 5.75. The van der Waals surface area contributed by atoms with Crippen LogP contribution in [0.15, 0.2) is 30.3 Å². The van der Waals surface area contributed by atoms with Gasteiger partial charge in [0.15, 0.2) is 12.4 Å². The lowest BCUT2D eigenvalue weighted by atomic mass is 9.94. The van der Waals surface area contributed by atoms with Crippen molar-refractivity contribution in [2.24, 2.45) is 0 Å². The Bertz CT molecular complexity index is 729. The zero-order valence-electron chi connectivity index (χ0n) is 17.0. The Morgan fingerprint density at radius 2 is 1.47 bits per heavy atom. The van der Waals surface area contributed by atoms with Gasteiger partial charge in [-0.25, -0.2) is 4.79 Å². The number of ether oxygens (including phenoxy) is 4. The summed E-state index contributed by atoms with van der Waals surface area (Å²) in [6.45, 7) is -1.54. The molecule has 0 saturated carbocycles. The number of aliphatic hydroxyl groups is 7. The van der Waals surface area contributed by atoms with Crippen LogP contribution in [0.5, 0.6) is 0 Å². The maximum Gasteiger partial charge on any atom is 0.338 e. The highest BCUT2D eigenvalue weighted by atomic mass is 16.7. The van der Waals surface area contributed by atoms with Gasteiger partial charge < -0.3 is 54.7 Å². The van der Waals surface area contributed by atoms with Gasteiger partial charge in [-0.2, -0.15) is 0 Å².